The fourth-order valence-electron chi connectivity index (χ4n) is 13.3. The minimum Gasteiger partial charge on any atom is -0.412 e. The molecule has 0 aromatic heterocycles. The van der Waals surface area contributed by atoms with Gasteiger partial charge in [-0.3, -0.25) is 0 Å². The molecule has 4 aliphatic rings. The Morgan fingerprint density at radius 1 is 0.534 bits per heavy atom. The molecule has 0 radical (unpaired) electrons. The molecule has 9 heteroatoms. The molecular weight excluding hydrogens is 1080 g/mol. The fraction of sp³-hybridized carbons (Fsp3) is 0.500. The molecule has 8 rings (SSSR count). The summed E-state index contributed by atoms with van der Waals surface area (Å²) in [6.45, 7) is 39.2. The van der Waals surface area contributed by atoms with Crippen molar-refractivity contribution in [2.45, 2.75) is 195 Å². The van der Waals surface area contributed by atoms with Gasteiger partial charge in [0.25, 0.3) is 0 Å². The van der Waals surface area contributed by atoms with Gasteiger partial charge in [0.05, 0.1) is 17.1 Å². The van der Waals surface area contributed by atoms with Crippen LogP contribution in [-0.4, -0.2) is 43.2 Å². The zero-order valence-electron chi connectivity index (χ0n) is 45.2. The maximum Gasteiger partial charge on any atom is 0.120 e. The average Bonchev–Trinajstić information content (AvgIpc) is 3.95. The van der Waals surface area contributed by atoms with Gasteiger partial charge < -0.3 is 11.0 Å². The zero-order valence-corrected chi connectivity index (χ0v) is 53.2. The SMILES string of the molecule is C.C.C.C.CCC1=Cc2ccccc2C1(Cl)[Si](C)(CC(C)(C)C)C1(Cl)C=C(C[Si](C)(C)C)c2ccccc21.CCC1=Cc2ccccc2C1[Si](C)(CC(C)(C)C)C1C=C(C[Si](C)(C)C)c2ccccc21.O.O.[Zr]. The van der Waals surface area contributed by atoms with E-state index in [0.717, 1.165) is 24.9 Å². The molecule has 0 fully saturated rings. The van der Waals surface area contributed by atoms with Crippen LogP contribution >= 0.6 is 23.2 Å². The van der Waals surface area contributed by atoms with Crippen LogP contribution in [0.3, 0.4) is 0 Å². The molecule has 0 spiro atoms. The Morgan fingerprint density at radius 3 is 1.52 bits per heavy atom. The number of rotatable bonds is 12. The van der Waals surface area contributed by atoms with E-state index < -0.39 is 41.3 Å². The number of halogens is 2. The van der Waals surface area contributed by atoms with E-state index in [4.69, 9.17) is 23.2 Å². The molecule has 6 atom stereocenters. The molecule has 4 aromatic rings. The van der Waals surface area contributed by atoms with Crippen LogP contribution in [0.2, 0.25) is 76.6 Å². The smallest absolute Gasteiger partial charge is 0.120 e. The van der Waals surface area contributed by atoms with Crippen molar-refractivity contribution in [3.8, 4) is 0 Å². The standard InChI is InChI=1S/C30H40Cl2Si2.C30H42Si2.4CH4.2H2O.Zr/c1-9-24-18-22-14-10-12-16-26(22)30(24,32)34(8,21-28(2,3)4)29(31)19-23(20-33(5,6)7)25-15-11-13-17-27(25)29;1-9-22-18-23-14-10-11-16-26(23)29(22)32(8,21-30(2,3)4)28-19-24(20-31(5,6)7)25-15-12-13-17-27(25)28;;;;;;;/h10-19H,9,20-21H2,1-8H3;10-19,28-29H,9,20-21H2,1-8H3;4*1H4;2*1H2;. The minimum absolute atomic E-state index is 0. The van der Waals surface area contributed by atoms with Gasteiger partial charge in [-0.05, 0) is 109 Å². The predicted molar refractivity (Wildman–Crippen MR) is 341 cm³/mol. The number of hydrogen-bond acceptors (Lipinski definition) is 0. The first kappa shape index (κ1) is 71.1. The van der Waals surface area contributed by atoms with Crippen molar-refractivity contribution in [2.75, 3.05) is 0 Å². The van der Waals surface area contributed by atoms with Crippen molar-refractivity contribution in [2.24, 2.45) is 10.8 Å². The topological polar surface area (TPSA) is 63.0 Å². The molecule has 6 unspecified atom stereocenters. The Hall–Kier alpha value is -1.91. The summed E-state index contributed by atoms with van der Waals surface area (Å²) in [5, 5.41) is 0. The molecule has 0 saturated heterocycles. The van der Waals surface area contributed by atoms with Crippen molar-refractivity contribution >= 4 is 78.8 Å². The maximum atomic E-state index is 8.09. The Balaban J connectivity index is 0.00000130. The third-order valence-corrected chi connectivity index (χ3v) is 32.9. The molecule has 0 aliphatic heterocycles. The van der Waals surface area contributed by atoms with Crippen molar-refractivity contribution in [1.82, 2.24) is 0 Å². The second-order valence-corrected chi connectivity index (χ2v) is 47.7. The molecule has 4 aliphatic carbocycles. The molecule has 4 N–H and O–H groups in total. The summed E-state index contributed by atoms with van der Waals surface area (Å²) in [4.78, 5) is 0. The first-order valence-electron chi connectivity index (χ1n) is 25.2. The van der Waals surface area contributed by atoms with Crippen LogP contribution in [0.15, 0.2) is 120 Å². The van der Waals surface area contributed by atoms with Crippen LogP contribution in [-0.2, 0) is 35.2 Å². The molecular formula is C64H102Cl2O2Si4Zr. The van der Waals surface area contributed by atoms with Gasteiger partial charge >= 0.3 is 0 Å². The van der Waals surface area contributed by atoms with Crippen molar-refractivity contribution in [3.05, 3.63) is 165 Å². The van der Waals surface area contributed by atoms with E-state index in [9.17, 15) is 0 Å². The van der Waals surface area contributed by atoms with Crippen LogP contribution in [0, 0.1) is 10.8 Å². The van der Waals surface area contributed by atoms with E-state index in [1.807, 2.05) is 0 Å². The second-order valence-electron chi connectivity index (χ2n) is 25.9. The predicted octanol–water partition coefficient (Wildman–Crippen LogP) is 20.2. The van der Waals surface area contributed by atoms with Gasteiger partial charge in [0.2, 0.25) is 0 Å². The van der Waals surface area contributed by atoms with Crippen LogP contribution in [0.1, 0.15) is 154 Å². The van der Waals surface area contributed by atoms with E-state index >= 15 is 0 Å². The summed E-state index contributed by atoms with van der Waals surface area (Å²) >= 11 is 16.2. The monoisotopic (exact) mass is 1170 g/mol. The van der Waals surface area contributed by atoms with Gasteiger partial charge in [-0.25, -0.2) is 0 Å². The number of alkyl halides is 2. The van der Waals surface area contributed by atoms with Crippen LogP contribution in [0.25, 0.3) is 23.3 Å². The van der Waals surface area contributed by atoms with E-state index in [1.165, 1.54) is 51.1 Å². The third-order valence-electron chi connectivity index (χ3n) is 15.1. The summed E-state index contributed by atoms with van der Waals surface area (Å²) in [5.74, 6) is 0. The Kier molecular flexibility index (Phi) is 25.0. The number of allylic oxidation sites excluding steroid dienone is 6. The van der Waals surface area contributed by atoms with Gasteiger partial charge in [0.1, 0.15) is 8.07 Å². The largest absolute Gasteiger partial charge is 0.412 e. The van der Waals surface area contributed by atoms with Crippen LogP contribution in [0.4, 0.5) is 0 Å². The summed E-state index contributed by atoms with van der Waals surface area (Å²) in [5.41, 5.74) is 19.1. The summed E-state index contributed by atoms with van der Waals surface area (Å²) in [6, 6.07) is 41.1. The van der Waals surface area contributed by atoms with Gasteiger partial charge in [0, 0.05) is 47.9 Å². The molecule has 0 amide bonds. The number of benzene rings is 4. The Morgan fingerprint density at radius 2 is 1.00 bits per heavy atom. The molecule has 2 nitrogen and oxygen atoms in total. The minimum atomic E-state index is -2.57. The fourth-order valence-corrected chi connectivity index (χ4v) is 31.2. The molecule has 404 valence electrons. The Bertz CT molecular complexity index is 2610. The Labute approximate surface area is 482 Å². The van der Waals surface area contributed by atoms with Gasteiger partial charge in [0.15, 0.2) is 0 Å². The zero-order chi connectivity index (χ0) is 48.5. The third kappa shape index (κ3) is 13.9. The maximum absolute atomic E-state index is 8.09. The summed E-state index contributed by atoms with van der Waals surface area (Å²) in [6.07, 6.45) is 12.2. The molecule has 0 bridgehead atoms. The number of hydrogen-bond donors (Lipinski definition) is 0. The van der Waals surface area contributed by atoms with Crippen LogP contribution in [0.5, 0.6) is 0 Å². The first-order chi connectivity index (χ1) is 30.6. The normalized spacial score (nSPS) is 21.8. The van der Waals surface area contributed by atoms with Crippen LogP contribution < -0.4 is 0 Å². The molecule has 4 aromatic carbocycles. The van der Waals surface area contributed by atoms with Crippen molar-refractivity contribution in [3.63, 3.8) is 0 Å². The van der Waals surface area contributed by atoms with E-state index in [1.54, 1.807) is 27.8 Å². The second kappa shape index (κ2) is 25.7. The molecule has 73 heavy (non-hydrogen) atoms. The van der Waals surface area contributed by atoms with Crippen molar-refractivity contribution < 1.29 is 37.2 Å². The summed E-state index contributed by atoms with van der Waals surface area (Å²) in [7, 11) is -6.96. The number of fused-ring (bicyclic) bond motifs is 4. The summed E-state index contributed by atoms with van der Waals surface area (Å²) < 4.78 is -1.12. The van der Waals surface area contributed by atoms with E-state index in [0.29, 0.717) is 16.5 Å². The van der Waals surface area contributed by atoms with E-state index in [2.05, 4.69) is 229 Å². The molecule has 0 heterocycles. The van der Waals surface area contributed by atoms with Gasteiger partial charge in [-0.1, -0.05) is 270 Å². The average molecular weight is 1180 g/mol. The van der Waals surface area contributed by atoms with Gasteiger partial charge in [-0.2, -0.15) is 0 Å². The van der Waals surface area contributed by atoms with E-state index in [-0.39, 0.29) is 72.3 Å². The molecule has 0 saturated carbocycles. The first-order valence-corrected chi connectivity index (χ1v) is 38.9. The van der Waals surface area contributed by atoms with Crippen molar-refractivity contribution in [1.29, 1.82) is 0 Å². The quantitative estimate of drug-likeness (QED) is 0.100. The van der Waals surface area contributed by atoms with Gasteiger partial charge in [-0.15, -0.1) is 23.2 Å².